The Kier molecular flexibility index (Phi) is 4.31. The third-order valence-corrected chi connectivity index (χ3v) is 4.28. The normalized spacial score (nSPS) is 20.5. The molecule has 17 heavy (non-hydrogen) atoms. The quantitative estimate of drug-likeness (QED) is 0.913. The molecule has 1 aromatic carbocycles. The number of halogens is 2. The van der Waals surface area contributed by atoms with Crippen LogP contribution in [0.25, 0.3) is 0 Å². The van der Waals surface area contributed by atoms with Crippen LogP contribution in [0.5, 0.6) is 0 Å². The van der Waals surface area contributed by atoms with Crippen LogP contribution < -0.4 is 5.73 Å². The standard InChI is InChI=1S/C13H18Cl2N2/c1-9(13(16)17-6-2-3-7-17)10-4-5-11(14)12(15)8-10/h4-5,8-9,13H,2-3,6-7,16H2,1H3. The van der Waals surface area contributed by atoms with Crippen LogP contribution in [0.15, 0.2) is 18.2 Å². The molecule has 2 rings (SSSR count). The van der Waals surface area contributed by atoms with Gasteiger partial charge in [0.05, 0.1) is 16.2 Å². The van der Waals surface area contributed by atoms with Crippen molar-refractivity contribution in [1.29, 1.82) is 0 Å². The van der Waals surface area contributed by atoms with Crippen molar-refractivity contribution in [3.8, 4) is 0 Å². The lowest BCUT2D eigenvalue weighted by Gasteiger charge is -2.29. The second-order valence-corrected chi connectivity index (χ2v) is 5.51. The van der Waals surface area contributed by atoms with Crippen LogP contribution in [0.3, 0.4) is 0 Å². The zero-order chi connectivity index (χ0) is 12.4. The van der Waals surface area contributed by atoms with Gasteiger partial charge in [-0.2, -0.15) is 0 Å². The van der Waals surface area contributed by atoms with Crippen molar-refractivity contribution in [2.45, 2.75) is 31.8 Å². The SMILES string of the molecule is CC(c1ccc(Cl)c(Cl)c1)C(N)N1CCCC1. The van der Waals surface area contributed by atoms with Gasteiger partial charge >= 0.3 is 0 Å². The molecule has 0 spiro atoms. The second-order valence-electron chi connectivity index (χ2n) is 4.70. The number of hydrogen-bond acceptors (Lipinski definition) is 2. The number of nitrogens with two attached hydrogens (primary N) is 1. The molecule has 0 radical (unpaired) electrons. The van der Waals surface area contributed by atoms with Gasteiger partial charge in [0.2, 0.25) is 0 Å². The van der Waals surface area contributed by atoms with Crippen LogP contribution in [-0.4, -0.2) is 24.2 Å². The highest BCUT2D eigenvalue weighted by atomic mass is 35.5. The minimum absolute atomic E-state index is 0.0646. The molecule has 2 nitrogen and oxygen atoms in total. The highest BCUT2D eigenvalue weighted by Gasteiger charge is 2.24. The average molecular weight is 273 g/mol. The Bertz CT molecular complexity index is 389. The first kappa shape index (κ1) is 13.2. The first-order valence-corrected chi connectivity index (χ1v) is 6.80. The average Bonchev–Trinajstić information content (AvgIpc) is 2.84. The summed E-state index contributed by atoms with van der Waals surface area (Å²) in [4.78, 5) is 2.34. The summed E-state index contributed by atoms with van der Waals surface area (Å²) in [6, 6.07) is 5.77. The summed E-state index contributed by atoms with van der Waals surface area (Å²) < 4.78 is 0. The van der Waals surface area contributed by atoms with Crippen molar-refractivity contribution in [3.05, 3.63) is 33.8 Å². The molecule has 1 heterocycles. The van der Waals surface area contributed by atoms with Gasteiger partial charge in [0.25, 0.3) is 0 Å². The Hall–Kier alpha value is -0.280. The maximum Gasteiger partial charge on any atom is 0.0639 e. The van der Waals surface area contributed by atoms with E-state index in [1.807, 2.05) is 18.2 Å². The van der Waals surface area contributed by atoms with Crippen molar-refractivity contribution >= 4 is 23.2 Å². The van der Waals surface area contributed by atoms with E-state index in [9.17, 15) is 0 Å². The minimum atomic E-state index is 0.0646. The van der Waals surface area contributed by atoms with Gasteiger partial charge in [-0.05, 0) is 43.6 Å². The number of likely N-dealkylation sites (tertiary alicyclic amines) is 1. The zero-order valence-electron chi connectivity index (χ0n) is 10.00. The van der Waals surface area contributed by atoms with Crippen molar-refractivity contribution in [2.24, 2.45) is 5.73 Å². The fourth-order valence-corrected chi connectivity index (χ4v) is 2.66. The topological polar surface area (TPSA) is 29.3 Å². The molecule has 0 saturated carbocycles. The number of nitrogens with zero attached hydrogens (tertiary/aromatic N) is 1. The van der Waals surface area contributed by atoms with Gasteiger partial charge in [0.1, 0.15) is 0 Å². The number of benzene rings is 1. The fourth-order valence-electron chi connectivity index (χ4n) is 2.35. The first-order chi connectivity index (χ1) is 8.09. The van der Waals surface area contributed by atoms with E-state index in [4.69, 9.17) is 28.9 Å². The molecular formula is C13H18Cl2N2. The van der Waals surface area contributed by atoms with E-state index in [2.05, 4.69) is 11.8 Å². The van der Waals surface area contributed by atoms with E-state index in [0.717, 1.165) is 18.7 Å². The third kappa shape index (κ3) is 2.94. The predicted molar refractivity (Wildman–Crippen MR) is 73.7 cm³/mol. The molecule has 1 fully saturated rings. The Balaban J connectivity index is 2.12. The Morgan fingerprint density at radius 2 is 1.82 bits per heavy atom. The van der Waals surface area contributed by atoms with Gasteiger partial charge < -0.3 is 5.73 Å². The van der Waals surface area contributed by atoms with Crippen molar-refractivity contribution in [2.75, 3.05) is 13.1 Å². The lowest BCUT2D eigenvalue weighted by Crippen LogP contribution is -2.43. The van der Waals surface area contributed by atoms with E-state index in [1.54, 1.807) is 0 Å². The van der Waals surface area contributed by atoms with Gasteiger partial charge in [-0.25, -0.2) is 0 Å². The monoisotopic (exact) mass is 272 g/mol. The lowest BCUT2D eigenvalue weighted by molar-refractivity contribution is 0.221. The van der Waals surface area contributed by atoms with Crippen LogP contribution >= 0.6 is 23.2 Å². The molecule has 4 heteroatoms. The second kappa shape index (κ2) is 5.57. The first-order valence-electron chi connectivity index (χ1n) is 6.04. The molecule has 1 aliphatic rings. The van der Waals surface area contributed by atoms with Crippen LogP contribution in [0, 0.1) is 0 Å². The van der Waals surface area contributed by atoms with E-state index in [0.29, 0.717) is 10.0 Å². The van der Waals surface area contributed by atoms with Gasteiger partial charge in [-0.3, -0.25) is 4.90 Å². The highest BCUT2D eigenvalue weighted by Crippen LogP contribution is 2.29. The van der Waals surface area contributed by atoms with Crippen LogP contribution in [0.4, 0.5) is 0 Å². The van der Waals surface area contributed by atoms with Crippen molar-refractivity contribution in [1.82, 2.24) is 4.90 Å². The molecule has 1 saturated heterocycles. The highest BCUT2D eigenvalue weighted by molar-refractivity contribution is 6.42. The lowest BCUT2D eigenvalue weighted by atomic mass is 9.97. The molecular weight excluding hydrogens is 255 g/mol. The van der Waals surface area contributed by atoms with Gasteiger partial charge in [-0.1, -0.05) is 36.2 Å². The predicted octanol–water partition coefficient (Wildman–Crippen LogP) is 3.48. The molecule has 0 aromatic heterocycles. The Labute approximate surface area is 113 Å². The summed E-state index contributed by atoms with van der Waals surface area (Å²) >= 11 is 12.0. The molecule has 1 aliphatic heterocycles. The van der Waals surface area contributed by atoms with Crippen LogP contribution in [-0.2, 0) is 0 Å². The molecule has 0 bridgehead atoms. The van der Waals surface area contributed by atoms with Gasteiger partial charge in [-0.15, -0.1) is 0 Å². The Morgan fingerprint density at radius 1 is 1.18 bits per heavy atom. The van der Waals surface area contributed by atoms with Crippen LogP contribution in [0.1, 0.15) is 31.2 Å². The smallest absolute Gasteiger partial charge is 0.0639 e. The van der Waals surface area contributed by atoms with E-state index in [-0.39, 0.29) is 12.1 Å². The van der Waals surface area contributed by atoms with E-state index >= 15 is 0 Å². The molecule has 2 N–H and O–H groups in total. The van der Waals surface area contributed by atoms with Gasteiger partial charge in [0.15, 0.2) is 0 Å². The maximum atomic E-state index is 6.29. The number of hydrogen-bond donors (Lipinski definition) is 1. The molecule has 2 atom stereocenters. The van der Waals surface area contributed by atoms with Crippen molar-refractivity contribution < 1.29 is 0 Å². The summed E-state index contributed by atoms with van der Waals surface area (Å²) in [5, 5.41) is 1.20. The third-order valence-electron chi connectivity index (χ3n) is 3.54. The molecule has 2 unspecified atom stereocenters. The minimum Gasteiger partial charge on any atom is -0.315 e. The molecule has 94 valence electrons. The van der Waals surface area contributed by atoms with Gasteiger partial charge in [0, 0.05) is 5.92 Å². The Morgan fingerprint density at radius 3 is 2.41 bits per heavy atom. The van der Waals surface area contributed by atoms with E-state index < -0.39 is 0 Å². The largest absolute Gasteiger partial charge is 0.315 e. The summed E-state index contributed by atoms with van der Waals surface area (Å²) in [5.74, 6) is 0.267. The fraction of sp³-hybridized carbons (Fsp3) is 0.538. The molecule has 1 aromatic rings. The molecule has 0 amide bonds. The summed E-state index contributed by atoms with van der Waals surface area (Å²) in [6.07, 6.45) is 2.57. The summed E-state index contributed by atoms with van der Waals surface area (Å²) in [5.41, 5.74) is 7.44. The summed E-state index contributed by atoms with van der Waals surface area (Å²) in [7, 11) is 0. The zero-order valence-corrected chi connectivity index (χ0v) is 11.5. The summed E-state index contributed by atoms with van der Waals surface area (Å²) in [6.45, 7) is 4.35. The van der Waals surface area contributed by atoms with Crippen LogP contribution in [0.2, 0.25) is 10.0 Å². The van der Waals surface area contributed by atoms with Crippen molar-refractivity contribution in [3.63, 3.8) is 0 Å². The molecule has 0 aliphatic carbocycles. The maximum absolute atomic E-state index is 6.29. The number of rotatable bonds is 3. The van der Waals surface area contributed by atoms with E-state index in [1.165, 1.54) is 12.8 Å².